The minimum Gasteiger partial charge on any atom is -0.355 e. The Kier molecular flexibility index (Phi) is 6.67. The number of non-ortho nitro benzene ring substituents is 1. The van der Waals surface area contributed by atoms with E-state index in [9.17, 15) is 19.7 Å². The number of hydrogen-bond acceptors (Lipinski definition) is 5. The quantitative estimate of drug-likeness (QED) is 0.418. The number of nitrogens with one attached hydrogen (secondary N) is 2. The van der Waals surface area contributed by atoms with Crippen LogP contribution in [0.4, 0.5) is 11.4 Å². The van der Waals surface area contributed by atoms with Gasteiger partial charge in [-0.25, -0.2) is 4.98 Å². The first kappa shape index (κ1) is 22.4. The zero-order valence-electron chi connectivity index (χ0n) is 18.5. The molecule has 1 aromatic heterocycles. The van der Waals surface area contributed by atoms with Gasteiger partial charge in [-0.3, -0.25) is 19.7 Å². The number of aromatic nitrogens is 2. The molecule has 4 rings (SSSR count). The second-order valence-corrected chi connectivity index (χ2v) is 8.43. The molecule has 1 fully saturated rings. The molecule has 3 aromatic rings. The lowest BCUT2D eigenvalue weighted by Crippen LogP contribution is -2.33. The Morgan fingerprint density at radius 2 is 1.94 bits per heavy atom. The molecule has 0 bridgehead atoms. The number of carbonyl (C=O) groups excluding carboxylic acids is 2. The van der Waals surface area contributed by atoms with Gasteiger partial charge in [0.25, 0.3) is 11.6 Å². The third-order valence-corrected chi connectivity index (χ3v) is 6.17. The SMILES string of the molecule is Cn1c(CCNC(=O)C2CCCCC2)nc2cc(NC(=O)c3cccc([N+](=O)[O-])c3)ccc21. The van der Waals surface area contributed by atoms with Gasteiger partial charge >= 0.3 is 0 Å². The maximum Gasteiger partial charge on any atom is 0.270 e. The summed E-state index contributed by atoms with van der Waals surface area (Å²) >= 11 is 0. The summed E-state index contributed by atoms with van der Waals surface area (Å²) in [6, 6.07) is 11.0. The van der Waals surface area contributed by atoms with Crippen LogP contribution in [0.3, 0.4) is 0 Å². The van der Waals surface area contributed by atoms with Crippen LogP contribution in [-0.2, 0) is 18.3 Å². The van der Waals surface area contributed by atoms with Crippen molar-refractivity contribution in [3.8, 4) is 0 Å². The second kappa shape index (κ2) is 9.81. The van der Waals surface area contributed by atoms with E-state index in [1.54, 1.807) is 12.1 Å². The molecule has 0 unspecified atom stereocenters. The van der Waals surface area contributed by atoms with E-state index in [1.165, 1.54) is 30.7 Å². The largest absolute Gasteiger partial charge is 0.355 e. The fraction of sp³-hybridized carbons (Fsp3) is 0.375. The highest BCUT2D eigenvalue weighted by atomic mass is 16.6. The van der Waals surface area contributed by atoms with Crippen molar-refractivity contribution in [3.63, 3.8) is 0 Å². The number of nitro groups is 1. The Bertz CT molecular complexity index is 1200. The minimum absolute atomic E-state index is 0.136. The number of benzene rings is 2. The van der Waals surface area contributed by atoms with Gasteiger partial charge in [0.2, 0.25) is 5.91 Å². The van der Waals surface area contributed by atoms with Gasteiger partial charge in [-0.1, -0.05) is 25.3 Å². The first-order valence-corrected chi connectivity index (χ1v) is 11.2. The zero-order chi connectivity index (χ0) is 23.4. The van der Waals surface area contributed by atoms with E-state index < -0.39 is 10.8 Å². The Hall–Kier alpha value is -3.75. The van der Waals surface area contributed by atoms with E-state index in [2.05, 4.69) is 15.6 Å². The van der Waals surface area contributed by atoms with Crippen LogP contribution in [0.25, 0.3) is 11.0 Å². The summed E-state index contributed by atoms with van der Waals surface area (Å²) in [4.78, 5) is 40.0. The summed E-state index contributed by atoms with van der Waals surface area (Å²) in [6.45, 7) is 0.531. The maximum atomic E-state index is 12.5. The fourth-order valence-electron chi connectivity index (χ4n) is 4.32. The molecule has 172 valence electrons. The molecule has 9 nitrogen and oxygen atoms in total. The van der Waals surface area contributed by atoms with Gasteiger partial charge in [0, 0.05) is 49.3 Å². The number of rotatable bonds is 7. The molecule has 1 heterocycles. The third kappa shape index (κ3) is 5.19. The number of nitro benzene ring substituents is 1. The molecular weight excluding hydrogens is 422 g/mol. The van der Waals surface area contributed by atoms with E-state index in [0.29, 0.717) is 18.7 Å². The monoisotopic (exact) mass is 449 g/mol. The van der Waals surface area contributed by atoms with Gasteiger partial charge in [0.1, 0.15) is 5.82 Å². The lowest BCUT2D eigenvalue weighted by atomic mass is 9.89. The predicted octanol–water partition coefficient (Wildman–Crippen LogP) is 3.97. The van der Waals surface area contributed by atoms with E-state index in [-0.39, 0.29) is 23.1 Å². The molecule has 1 aliphatic carbocycles. The van der Waals surface area contributed by atoms with Crippen molar-refractivity contribution in [2.45, 2.75) is 38.5 Å². The molecule has 0 aliphatic heterocycles. The van der Waals surface area contributed by atoms with E-state index >= 15 is 0 Å². The number of hydrogen-bond donors (Lipinski definition) is 2. The van der Waals surface area contributed by atoms with Gasteiger partial charge < -0.3 is 15.2 Å². The average molecular weight is 450 g/mol. The first-order chi connectivity index (χ1) is 15.9. The molecule has 0 spiro atoms. The number of carbonyl (C=O) groups is 2. The van der Waals surface area contributed by atoms with Crippen molar-refractivity contribution >= 4 is 34.2 Å². The van der Waals surface area contributed by atoms with Crippen molar-refractivity contribution < 1.29 is 14.5 Å². The lowest BCUT2D eigenvalue weighted by Gasteiger charge is -2.20. The molecule has 0 radical (unpaired) electrons. The van der Waals surface area contributed by atoms with E-state index in [0.717, 1.165) is 42.5 Å². The van der Waals surface area contributed by atoms with Crippen LogP contribution in [0.5, 0.6) is 0 Å². The van der Waals surface area contributed by atoms with Crippen LogP contribution < -0.4 is 10.6 Å². The molecular formula is C24H27N5O4. The summed E-state index contributed by atoms with van der Waals surface area (Å²) in [6.07, 6.45) is 6.04. The Morgan fingerprint density at radius 1 is 1.15 bits per heavy atom. The smallest absolute Gasteiger partial charge is 0.270 e. The van der Waals surface area contributed by atoms with Crippen LogP contribution in [0.2, 0.25) is 0 Å². The van der Waals surface area contributed by atoms with Crippen LogP contribution in [0.1, 0.15) is 48.3 Å². The van der Waals surface area contributed by atoms with Crippen LogP contribution in [0.15, 0.2) is 42.5 Å². The number of anilines is 1. The van der Waals surface area contributed by atoms with Crippen LogP contribution in [-0.4, -0.2) is 32.8 Å². The van der Waals surface area contributed by atoms with Crippen molar-refractivity contribution in [1.82, 2.24) is 14.9 Å². The van der Waals surface area contributed by atoms with Crippen LogP contribution in [0, 0.1) is 16.0 Å². The molecule has 9 heteroatoms. The molecule has 33 heavy (non-hydrogen) atoms. The van der Waals surface area contributed by atoms with Gasteiger partial charge in [0.05, 0.1) is 16.0 Å². The molecule has 1 aliphatic rings. The van der Waals surface area contributed by atoms with Crippen molar-refractivity contribution in [1.29, 1.82) is 0 Å². The minimum atomic E-state index is -0.532. The van der Waals surface area contributed by atoms with Gasteiger partial charge in [-0.05, 0) is 37.1 Å². The Labute approximate surface area is 191 Å². The number of nitrogens with zero attached hydrogens (tertiary/aromatic N) is 3. The summed E-state index contributed by atoms with van der Waals surface area (Å²) in [7, 11) is 1.93. The summed E-state index contributed by atoms with van der Waals surface area (Å²) < 4.78 is 1.98. The topological polar surface area (TPSA) is 119 Å². The molecule has 1 saturated carbocycles. The zero-order valence-corrected chi connectivity index (χ0v) is 18.5. The third-order valence-electron chi connectivity index (χ3n) is 6.17. The van der Waals surface area contributed by atoms with Gasteiger partial charge in [0.15, 0.2) is 0 Å². The molecule has 2 aromatic carbocycles. The van der Waals surface area contributed by atoms with Crippen molar-refractivity contribution in [2.24, 2.45) is 13.0 Å². The van der Waals surface area contributed by atoms with Gasteiger partial charge in [-0.2, -0.15) is 0 Å². The van der Waals surface area contributed by atoms with E-state index in [1.807, 2.05) is 17.7 Å². The highest BCUT2D eigenvalue weighted by molar-refractivity contribution is 6.05. The van der Waals surface area contributed by atoms with E-state index in [4.69, 9.17) is 0 Å². The number of amides is 2. The van der Waals surface area contributed by atoms with Gasteiger partial charge in [-0.15, -0.1) is 0 Å². The molecule has 0 atom stereocenters. The average Bonchev–Trinajstić information content (AvgIpc) is 3.14. The van der Waals surface area contributed by atoms with Crippen molar-refractivity contribution in [2.75, 3.05) is 11.9 Å². The molecule has 2 amide bonds. The first-order valence-electron chi connectivity index (χ1n) is 11.2. The van der Waals surface area contributed by atoms with Crippen LogP contribution >= 0.6 is 0 Å². The predicted molar refractivity (Wildman–Crippen MR) is 125 cm³/mol. The Balaban J connectivity index is 1.41. The van der Waals surface area contributed by atoms with Crippen molar-refractivity contribution in [3.05, 3.63) is 64.0 Å². The summed E-state index contributed by atoms with van der Waals surface area (Å²) in [5.41, 5.74) is 2.26. The highest BCUT2D eigenvalue weighted by Crippen LogP contribution is 2.24. The fourth-order valence-corrected chi connectivity index (χ4v) is 4.32. The summed E-state index contributed by atoms with van der Waals surface area (Å²) in [5.74, 6) is 0.687. The number of aryl methyl sites for hydroxylation is 1. The Morgan fingerprint density at radius 3 is 2.70 bits per heavy atom. The lowest BCUT2D eigenvalue weighted by molar-refractivity contribution is -0.384. The number of fused-ring (bicyclic) bond motifs is 1. The maximum absolute atomic E-state index is 12.5. The second-order valence-electron chi connectivity index (χ2n) is 8.43. The number of imidazole rings is 1. The normalized spacial score (nSPS) is 14.2. The highest BCUT2D eigenvalue weighted by Gasteiger charge is 2.20. The standard InChI is InChI=1S/C24H27N5O4/c1-28-21-11-10-18(26-24(31)17-8-5-9-19(14-17)29(32)33)15-20(21)27-22(28)12-13-25-23(30)16-6-3-2-4-7-16/h5,8-11,14-16H,2-4,6-7,12-13H2,1H3,(H,25,30)(H,26,31). The molecule has 0 saturated heterocycles. The summed E-state index contributed by atoms with van der Waals surface area (Å²) in [5, 5.41) is 16.8. The molecule has 2 N–H and O–H groups in total.